The summed E-state index contributed by atoms with van der Waals surface area (Å²) in [5.74, 6) is -0.287. The Morgan fingerprint density at radius 2 is 1.63 bits per heavy atom. The highest BCUT2D eigenvalue weighted by atomic mass is 32.1. The van der Waals surface area contributed by atoms with Gasteiger partial charge < -0.3 is 5.32 Å². The molecular formula is C14H10FN3S. The molecule has 19 heavy (non-hydrogen) atoms. The lowest BCUT2D eigenvalue weighted by molar-refractivity contribution is 0.631. The summed E-state index contributed by atoms with van der Waals surface area (Å²) in [4.78, 5) is 0. The van der Waals surface area contributed by atoms with Crippen molar-refractivity contribution in [2.75, 3.05) is 5.32 Å². The molecule has 0 bridgehead atoms. The number of nitrogens with one attached hydrogen (secondary N) is 1. The molecule has 3 rings (SSSR count). The highest BCUT2D eigenvalue weighted by Crippen LogP contribution is 2.29. The van der Waals surface area contributed by atoms with E-state index in [1.54, 1.807) is 18.2 Å². The summed E-state index contributed by atoms with van der Waals surface area (Å²) in [7, 11) is 0. The lowest BCUT2D eigenvalue weighted by Gasteiger charge is -1.99. The maximum atomic E-state index is 13.6. The normalized spacial score (nSPS) is 10.4. The molecule has 0 aliphatic carbocycles. The van der Waals surface area contributed by atoms with Crippen LogP contribution in [0.15, 0.2) is 54.6 Å². The van der Waals surface area contributed by atoms with E-state index < -0.39 is 0 Å². The number of rotatable bonds is 3. The van der Waals surface area contributed by atoms with Crippen molar-refractivity contribution in [2.24, 2.45) is 0 Å². The molecule has 1 heterocycles. The summed E-state index contributed by atoms with van der Waals surface area (Å²) >= 11 is 1.32. The number of hydrogen-bond donors (Lipinski definition) is 1. The average molecular weight is 271 g/mol. The van der Waals surface area contributed by atoms with Crippen molar-refractivity contribution < 1.29 is 4.39 Å². The Morgan fingerprint density at radius 1 is 0.895 bits per heavy atom. The van der Waals surface area contributed by atoms with Gasteiger partial charge >= 0.3 is 0 Å². The SMILES string of the molecule is Fc1ccccc1-c1nnc(Nc2ccccc2)s1. The fourth-order valence-corrected chi connectivity index (χ4v) is 2.45. The van der Waals surface area contributed by atoms with Gasteiger partial charge in [-0.25, -0.2) is 4.39 Å². The minimum absolute atomic E-state index is 0.287. The smallest absolute Gasteiger partial charge is 0.210 e. The summed E-state index contributed by atoms with van der Waals surface area (Å²) in [5.41, 5.74) is 1.40. The Hall–Kier alpha value is -2.27. The van der Waals surface area contributed by atoms with Crippen molar-refractivity contribution in [3.05, 3.63) is 60.4 Å². The number of halogens is 1. The van der Waals surface area contributed by atoms with Gasteiger partial charge in [-0.15, -0.1) is 10.2 Å². The molecule has 0 saturated carbocycles. The van der Waals surface area contributed by atoms with Gasteiger partial charge in [0.15, 0.2) is 5.01 Å². The van der Waals surface area contributed by atoms with E-state index in [4.69, 9.17) is 0 Å². The zero-order chi connectivity index (χ0) is 13.1. The average Bonchev–Trinajstić information content (AvgIpc) is 2.89. The van der Waals surface area contributed by atoms with Crippen LogP contribution in [0, 0.1) is 5.82 Å². The van der Waals surface area contributed by atoms with Crippen LogP contribution in [0.3, 0.4) is 0 Å². The summed E-state index contributed by atoms with van der Waals surface area (Å²) in [6.45, 7) is 0. The summed E-state index contributed by atoms with van der Waals surface area (Å²) in [6.07, 6.45) is 0. The second-order valence-electron chi connectivity index (χ2n) is 3.88. The van der Waals surface area contributed by atoms with E-state index in [0.717, 1.165) is 5.69 Å². The third-order valence-electron chi connectivity index (χ3n) is 2.55. The molecule has 0 unspecified atom stereocenters. The molecule has 0 spiro atoms. The van der Waals surface area contributed by atoms with Crippen LogP contribution in [0.25, 0.3) is 10.6 Å². The molecular weight excluding hydrogens is 261 g/mol. The fraction of sp³-hybridized carbons (Fsp3) is 0. The number of benzene rings is 2. The number of hydrogen-bond acceptors (Lipinski definition) is 4. The monoisotopic (exact) mass is 271 g/mol. The molecule has 1 aromatic heterocycles. The van der Waals surface area contributed by atoms with Crippen LogP contribution < -0.4 is 5.32 Å². The Kier molecular flexibility index (Phi) is 3.20. The maximum Gasteiger partial charge on any atom is 0.210 e. The van der Waals surface area contributed by atoms with Gasteiger partial charge in [0.1, 0.15) is 5.82 Å². The zero-order valence-electron chi connectivity index (χ0n) is 9.88. The van der Waals surface area contributed by atoms with Crippen molar-refractivity contribution in [1.29, 1.82) is 0 Å². The maximum absolute atomic E-state index is 13.6. The van der Waals surface area contributed by atoms with Crippen LogP contribution in [0.5, 0.6) is 0 Å². The number of aromatic nitrogens is 2. The number of anilines is 2. The van der Waals surface area contributed by atoms with Gasteiger partial charge in [0, 0.05) is 11.3 Å². The molecule has 0 aliphatic heterocycles. The zero-order valence-corrected chi connectivity index (χ0v) is 10.7. The van der Waals surface area contributed by atoms with Crippen molar-refractivity contribution in [3.8, 4) is 10.6 Å². The molecule has 0 radical (unpaired) electrons. The molecule has 0 amide bonds. The first-order valence-corrected chi connectivity index (χ1v) is 6.55. The van der Waals surface area contributed by atoms with E-state index in [2.05, 4.69) is 15.5 Å². The van der Waals surface area contributed by atoms with E-state index in [1.165, 1.54) is 17.4 Å². The number of nitrogens with zero attached hydrogens (tertiary/aromatic N) is 2. The molecule has 94 valence electrons. The van der Waals surface area contributed by atoms with Gasteiger partial charge in [-0.05, 0) is 24.3 Å². The second kappa shape index (κ2) is 5.16. The van der Waals surface area contributed by atoms with E-state index in [0.29, 0.717) is 15.7 Å². The first-order valence-electron chi connectivity index (χ1n) is 5.73. The Balaban J connectivity index is 1.86. The van der Waals surface area contributed by atoms with Crippen LogP contribution in [0.2, 0.25) is 0 Å². The van der Waals surface area contributed by atoms with Crippen LogP contribution in [0.4, 0.5) is 15.2 Å². The molecule has 1 N–H and O–H groups in total. The van der Waals surface area contributed by atoms with E-state index in [1.807, 2.05) is 30.3 Å². The van der Waals surface area contributed by atoms with Crippen LogP contribution in [-0.4, -0.2) is 10.2 Å². The van der Waals surface area contributed by atoms with Crippen LogP contribution in [0.1, 0.15) is 0 Å². The third kappa shape index (κ3) is 2.61. The predicted octanol–water partition coefficient (Wildman–Crippen LogP) is 4.09. The quantitative estimate of drug-likeness (QED) is 0.779. The Morgan fingerprint density at radius 3 is 2.42 bits per heavy atom. The summed E-state index contributed by atoms with van der Waals surface area (Å²) in [5, 5.41) is 12.4. The molecule has 2 aromatic carbocycles. The van der Waals surface area contributed by atoms with Crippen LogP contribution in [-0.2, 0) is 0 Å². The molecule has 3 aromatic rings. The highest BCUT2D eigenvalue weighted by Gasteiger charge is 2.10. The van der Waals surface area contributed by atoms with Gasteiger partial charge in [-0.3, -0.25) is 0 Å². The van der Waals surface area contributed by atoms with E-state index in [-0.39, 0.29) is 5.82 Å². The first-order chi connectivity index (χ1) is 9.33. The van der Waals surface area contributed by atoms with Crippen LogP contribution >= 0.6 is 11.3 Å². The highest BCUT2D eigenvalue weighted by molar-refractivity contribution is 7.18. The summed E-state index contributed by atoms with van der Waals surface area (Å²) < 4.78 is 13.6. The minimum atomic E-state index is -0.287. The molecule has 3 nitrogen and oxygen atoms in total. The molecule has 0 saturated heterocycles. The van der Waals surface area contributed by atoms with Gasteiger partial charge in [0.2, 0.25) is 5.13 Å². The molecule has 0 atom stereocenters. The van der Waals surface area contributed by atoms with Gasteiger partial charge in [0.05, 0.1) is 0 Å². The largest absolute Gasteiger partial charge is 0.330 e. The van der Waals surface area contributed by atoms with Gasteiger partial charge in [0.25, 0.3) is 0 Å². The van der Waals surface area contributed by atoms with Crippen molar-refractivity contribution >= 4 is 22.2 Å². The Labute approximate surface area is 113 Å². The first kappa shape index (κ1) is 11.8. The number of para-hydroxylation sites is 1. The minimum Gasteiger partial charge on any atom is -0.330 e. The van der Waals surface area contributed by atoms with Gasteiger partial charge in [-0.2, -0.15) is 0 Å². The summed E-state index contributed by atoms with van der Waals surface area (Å²) in [6, 6.07) is 16.2. The Bertz CT molecular complexity index is 682. The van der Waals surface area contributed by atoms with E-state index in [9.17, 15) is 4.39 Å². The lowest BCUT2D eigenvalue weighted by atomic mass is 10.2. The van der Waals surface area contributed by atoms with Gasteiger partial charge in [-0.1, -0.05) is 41.7 Å². The lowest BCUT2D eigenvalue weighted by Crippen LogP contribution is -1.87. The van der Waals surface area contributed by atoms with E-state index >= 15 is 0 Å². The fourth-order valence-electron chi connectivity index (χ4n) is 1.66. The second-order valence-corrected chi connectivity index (χ2v) is 4.86. The predicted molar refractivity (Wildman–Crippen MR) is 75.0 cm³/mol. The standard InChI is InChI=1S/C14H10FN3S/c15-12-9-5-4-8-11(12)13-17-18-14(19-13)16-10-6-2-1-3-7-10/h1-9H,(H,16,18). The topological polar surface area (TPSA) is 37.8 Å². The third-order valence-corrected chi connectivity index (χ3v) is 3.43. The molecule has 0 aliphatic rings. The molecule has 5 heteroatoms. The molecule has 0 fully saturated rings. The van der Waals surface area contributed by atoms with Crippen molar-refractivity contribution in [2.45, 2.75) is 0 Å². The van der Waals surface area contributed by atoms with Crippen molar-refractivity contribution in [1.82, 2.24) is 10.2 Å². The van der Waals surface area contributed by atoms with Crippen molar-refractivity contribution in [3.63, 3.8) is 0 Å².